The fourth-order valence-electron chi connectivity index (χ4n) is 1.58. The van der Waals surface area contributed by atoms with Crippen LogP contribution in [0.2, 0.25) is 0 Å². The number of nitrogens with zero attached hydrogens (tertiary/aromatic N) is 5. The molecular weight excluding hydrogens is 236 g/mol. The van der Waals surface area contributed by atoms with Crippen LogP contribution < -0.4 is 5.32 Å². The van der Waals surface area contributed by atoms with Crippen molar-refractivity contribution in [2.45, 2.75) is 13.5 Å². The maximum atomic E-state index is 11.0. The number of pyridine rings is 1. The Labute approximate surface area is 103 Å². The molecule has 0 radical (unpaired) electrons. The summed E-state index contributed by atoms with van der Waals surface area (Å²) < 4.78 is 1.56. The molecule has 0 saturated heterocycles. The molecule has 0 bridgehead atoms. The van der Waals surface area contributed by atoms with Crippen LogP contribution in [0.15, 0.2) is 18.5 Å². The second-order valence-corrected chi connectivity index (χ2v) is 3.47. The largest absolute Gasteiger partial charge is 0.373 e. The van der Waals surface area contributed by atoms with Crippen molar-refractivity contribution >= 4 is 11.5 Å². The Hall–Kier alpha value is -2.51. The van der Waals surface area contributed by atoms with E-state index >= 15 is 0 Å². The molecule has 2 heterocycles. The van der Waals surface area contributed by atoms with Gasteiger partial charge in [-0.3, -0.25) is 10.1 Å². The highest BCUT2D eigenvalue weighted by atomic mass is 16.6. The van der Waals surface area contributed by atoms with Crippen molar-refractivity contribution < 1.29 is 4.92 Å². The highest BCUT2D eigenvalue weighted by Crippen LogP contribution is 2.27. The summed E-state index contributed by atoms with van der Waals surface area (Å²) in [5.41, 5.74) is 0.128. The molecule has 94 valence electrons. The van der Waals surface area contributed by atoms with E-state index in [9.17, 15) is 10.1 Å². The smallest absolute Gasteiger partial charge is 0.298 e. The summed E-state index contributed by atoms with van der Waals surface area (Å²) in [5, 5.41) is 17.8. The fraction of sp³-hybridized carbons (Fsp3) is 0.300. The minimum Gasteiger partial charge on any atom is -0.373 e. The van der Waals surface area contributed by atoms with Crippen LogP contribution in [0.1, 0.15) is 6.92 Å². The molecule has 2 rings (SSSR count). The van der Waals surface area contributed by atoms with Gasteiger partial charge in [0.1, 0.15) is 12.1 Å². The van der Waals surface area contributed by atoms with E-state index in [2.05, 4.69) is 20.4 Å². The van der Waals surface area contributed by atoms with Gasteiger partial charge in [0, 0.05) is 19.7 Å². The van der Waals surface area contributed by atoms with E-state index in [0.717, 1.165) is 0 Å². The molecule has 0 unspecified atom stereocenters. The minimum atomic E-state index is -0.476. The number of rotatable bonds is 4. The first-order chi connectivity index (χ1) is 8.67. The number of anilines is 1. The summed E-state index contributed by atoms with van der Waals surface area (Å²) in [7, 11) is 1.70. The van der Waals surface area contributed by atoms with Gasteiger partial charge in [0.15, 0.2) is 11.5 Å². The van der Waals surface area contributed by atoms with Gasteiger partial charge in [-0.1, -0.05) is 0 Å². The molecule has 0 saturated carbocycles. The number of hydrogen-bond donors (Lipinski definition) is 1. The third kappa shape index (κ3) is 1.99. The van der Waals surface area contributed by atoms with Gasteiger partial charge in [-0.2, -0.15) is 5.10 Å². The van der Waals surface area contributed by atoms with Crippen molar-refractivity contribution in [3.63, 3.8) is 0 Å². The Kier molecular flexibility index (Phi) is 3.18. The monoisotopic (exact) mass is 248 g/mol. The van der Waals surface area contributed by atoms with Gasteiger partial charge in [0.25, 0.3) is 5.69 Å². The first-order valence-electron chi connectivity index (χ1n) is 5.38. The normalized spacial score (nSPS) is 10.3. The average Bonchev–Trinajstić information content (AvgIpc) is 2.85. The average molecular weight is 248 g/mol. The molecule has 0 amide bonds. The third-order valence-corrected chi connectivity index (χ3v) is 2.45. The molecule has 2 aromatic rings. The van der Waals surface area contributed by atoms with E-state index in [1.54, 1.807) is 17.8 Å². The SMILES string of the molecule is CCn1ncnc1-c1nc(NC)ccc1[N+](=O)[O-]. The van der Waals surface area contributed by atoms with Gasteiger partial charge in [-0.25, -0.2) is 14.6 Å². The van der Waals surface area contributed by atoms with Gasteiger partial charge in [0.05, 0.1) is 4.92 Å². The zero-order valence-electron chi connectivity index (χ0n) is 9.99. The Morgan fingerprint density at radius 1 is 1.50 bits per heavy atom. The lowest BCUT2D eigenvalue weighted by Gasteiger charge is -2.05. The van der Waals surface area contributed by atoms with Crippen LogP contribution >= 0.6 is 0 Å². The summed E-state index contributed by atoms with van der Waals surface area (Å²) in [4.78, 5) is 18.7. The zero-order valence-corrected chi connectivity index (χ0v) is 9.99. The zero-order chi connectivity index (χ0) is 13.1. The summed E-state index contributed by atoms with van der Waals surface area (Å²) in [6, 6.07) is 2.96. The van der Waals surface area contributed by atoms with E-state index < -0.39 is 4.92 Å². The molecule has 1 N–H and O–H groups in total. The lowest BCUT2D eigenvalue weighted by atomic mass is 10.2. The molecule has 18 heavy (non-hydrogen) atoms. The van der Waals surface area contributed by atoms with E-state index in [-0.39, 0.29) is 11.4 Å². The third-order valence-electron chi connectivity index (χ3n) is 2.45. The standard InChI is InChI=1S/C10H12N6O2/c1-3-15-10(12-6-13-15)9-7(16(17)18)4-5-8(11-2)14-9/h4-6H,3H2,1-2H3,(H,11,14). The number of aryl methyl sites for hydroxylation is 1. The Bertz CT molecular complexity index is 579. The molecule has 2 aromatic heterocycles. The molecule has 0 aromatic carbocycles. The van der Waals surface area contributed by atoms with Gasteiger partial charge in [0.2, 0.25) is 0 Å². The molecule has 0 aliphatic heterocycles. The summed E-state index contributed by atoms with van der Waals surface area (Å²) >= 11 is 0. The van der Waals surface area contributed by atoms with Crippen LogP contribution in [0.4, 0.5) is 11.5 Å². The van der Waals surface area contributed by atoms with Crippen molar-refractivity contribution in [1.82, 2.24) is 19.7 Å². The van der Waals surface area contributed by atoms with Crippen LogP contribution in [0.5, 0.6) is 0 Å². The van der Waals surface area contributed by atoms with Crippen molar-refractivity contribution in [3.05, 3.63) is 28.6 Å². The molecule has 0 aliphatic carbocycles. The van der Waals surface area contributed by atoms with E-state index in [1.807, 2.05) is 6.92 Å². The number of hydrogen-bond acceptors (Lipinski definition) is 6. The van der Waals surface area contributed by atoms with Crippen LogP contribution in [-0.4, -0.2) is 31.7 Å². The van der Waals surface area contributed by atoms with Gasteiger partial charge < -0.3 is 5.32 Å². The Morgan fingerprint density at radius 3 is 2.89 bits per heavy atom. The molecule has 8 nitrogen and oxygen atoms in total. The molecule has 0 fully saturated rings. The van der Waals surface area contributed by atoms with Crippen molar-refractivity contribution in [2.75, 3.05) is 12.4 Å². The highest BCUT2D eigenvalue weighted by molar-refractivity contribution is 5.66. The quantitative estimate of drug-likeness (QED) is 0.647. The number of nitrogens with one attached hydrogen (secondary N) is 1. The maximum absolute atomic E-state index is 11.0. The van der Waals surface area contributed by atoms with Crippen molar-refractivity contribution in [1.29, 1.82) is 0 Å². The molecule has 0 atom stereocenters. The van der Waals surface area contributed by atoms with Crippen LogP contribution in [0.3, 0.4) is 0 Å². The Morgan fingerprint density at radius 2 is 2.28 bits per heavy atom. The number of nitro groups is 1. The predicted molar refractivity (Wildman–Crippen MR) is 65.1 cm³/mol. The number of aromatic nitrogens is 4. The predicted octanol–water partition coefficient (Wildman–Crippen LogP) is 1.31. The second kappa shape index (κ2) is 4.78. The lowest BCUT2D eigenvalue weighted by molar-refractivity contribution is -0.384. The van der Waals surface area contributed by atoms with Crippen molar-refractivity contribution in [3.8, 4) is 11.5 Å². The highest BCUT2D eigenvalue weighted by Gasteiger charge is 2.21. The lowest BCUT2D eigenvalue weighted by Crippen LogP contribution is -2.05. The molecular formula is C10H12N6O2. The van der Waals surface area contributed by atoms with E-state index in [0.29, 0.717) is 18.2 Å². The first-order valence-corrected chi connectivity index (χ1v) is 5.38. The van der Waals surface area contributed by atoms with Crippen LogP contribution in [-0.2, 0) is 6.54 Å². The van der Waals surface area contributed by atoms with E-state index in [1.165, 1.54) is 12.4 Å². The topological polar surface area (TPSA) is 98.8 Å². The second-order valence-electron chi connectivity index (χ2n) is 3.47. The van der Waals surface area contributed by atoms with E-state index in [4.69, 9.17) is 0 Å². The summed E-state index contributed by atoms with van der Waals surface area (Å²) in [5.74, 6) is 0.933. The minimum absolute atomic E-state index is 0.0864. The van der Waals surface area contributed by atoms with Crippen molar-refractivity contribution in [2.24, 2.45) is 0 Å². The van der Waals surface area contributed by atoms with Gasteiger partial charge in [-0.05, 0) is 13.0 Å². The maximum Gasteiger partial charge on any atom is 0.298 e. The molecule has 8 heteroatoms. The molecule has 0 spiro atoms. The fourth-order valence-corrected chi connectivity index (χ4v) is 1.58. The Balaban J connectivity index is 2.63. The van der Waals surface area contributed by atoms with Crippen LogP contribution in [0, 0.1) is 10.1 Å². The molecule has 0 aliphatic rings. The summed E-state index contributed by atoms with van der Waals surface area (Å²) in [6.45, 7) is 2.45. The first kappa shape index (κ1) is 12.0. The van der Waals surface area contributed by atoms with Gasteiger partial charge in [-0.15, -0.1) is 0 Å². The van der Waals surface area contributed by atoms with Crippen LogP contribution in [0.25, 0.3) is 11.5 Å². The summed E-state index contributed by atoms with van der Waals surface area (Å²) in [6.07, 6.45) is 1.36. The van der Waals surface area contributed by atoms with Gasteiger partial charge >= 0.3 is 0 Å².